The molecule has 1 aromatic carbocycles. The Balaban J connectivity index is 1.82. The molecule has 3 rings (SSSR count). The van der Waals surface area contributed by atoms with E-state index in [1.807, 2.05) is 6.20 Å². The topological polar surface area (TPSA) is 46.3 Å². The Labute approximate surface area is 115 Å². The van der Waals surface area contributed by atoms with Crippen molar-refractivity contribution < 1.29 is 18.3 Å². The number of H-pyrrole nitrogens is 1. The summed E-state index contributed by atoms with van der Waals surface area (Å²) in [5.41, 5.74) is 1.99. The van der Waals surface area contributed by atoms with Gasteiger partial charge in [0, 0.05) is 29.7 Å². The number of ether oxygens (including phenoxy) is 2. The largest absolute Gasteiger partial charge is 0.435 e. The summed E-state index contributed by atoms with van der Waals surface area (Å²) in [5, 5.41) is 4.29. The molecule has 1 aliphatic rings. The van der Waals surface area contributed by atoms with Crippen molar-refractivity contribution in [2.24, 2.45) is 0 Å². The molecule has 108 valence electrons. The van der Waals surface area contributed by atoms with E-state index in [0.717, 1.165) is 36.0 Å². The number of alkyl halides is 2. The zero-order valence-corrected chi connectivity index (χ0v) is 10.9. The van der Waals surface area contributed by atoms with Crippen molar-refractivity contribution in [2.45, 2.75) is 19.1 Å². The predicted octanol–water partition coefficient (Wildman–Crippen LogP) is 2.30. The summed E-state index contributed by atoms with van der Waals surface area (Å²) in [4.78, 5) is 3.15. The molecule has 2 aromatic rings. The second-order valence-corrected chi connectivity index (χ2v) is 4.83. The van der Waals surface area contributed by atoms with E-state index in [9.17, 15) is 8.78 Å². The van der Waals surface area contributed by atoms with Gasteiger partial charge in [0.1, 0.15) is 5.75 Å². The smallest absolute Gasteiger partial charge is 0.387 e. The summed E-state index contributed by atoms with van der Waals surface area (Å²) in [6.45, 7) is -0.563. The first kappa shape index (κ1) is 13.3. The number of rotatable bonds is 4. The van der Waals surface area contributed by atoms with Crippen molar-refractivity contribution in [1.29, 1.82) is 0 Å². The molecule has 4 nitrogen and oxygen atoms in total. The average Bonchev–Trinajstić information content (AvgIpc) is 2.82. The lowest BCUT2D eigenvalue weighted by molar-refractivity contribution is -0.0497. The van der Waals surface area contributed by atoms with Crippen LogP contribution in [-0.2, 0) is 11.2 Å². The maximum atomic E-state index is 12.3. The molecular formula is C14H16F2N2O2. The van der Waals surface area contributed by atoms with Crippen LogP contribution in [-0.4, -0.2) is 37.4 Å². The second kappa shape index (κ2) is 5.76. The maximum absolute atomic E-state index is 12.3. The molecule has 20 heavy (non-hydrogen) atoms. The van der Waals surface area contributed by atoms with Crippen molar-refractivity contribution in [3.63, 3.8) is 0 Å². The number of aromatic nitrogens is 1. The summed E-state index contributed by atoms with van der Waals surface area (Å²) in [7, 11) is 0. The third-order valence-electron chi connectivity index (χ3n) is 3.43. The van der Waals surface area contributed by atoms with Gasteiger partial charge >= 0.3 is 6.61 Å². The van der Waals surface area contributed by atoms with Gasteiger partial charge in [0.2, 0.25) is 0 Å². The van der Waals surface area contributed by atoms with Crippen molar-refractivity contribution in [1.82, 2.24) is 10.3 Å². The van der Waals surface area contributed by atoms with Crippen LogP contribution in [0.5, 0.6) is 5.75 Å². The fraction of sp³-hybridized carbons (Fsp3) is 0.429. The van der Waals surface area contributed by atoms with Gasteiger partial charge in [-0.3, -0.25) is 0 Å². The first-order valence-electron chi connectivity index (χ1n) is 6.58. The van der Waals surface area contributed by atoms with E-state index in [-0.39, 0.29) is 11.8 Å². The Morgan fingerprint density at radius 1 is 1.40 bits per heavy atom. The molecule has 1 aliphatic heterocycles. The van der Waals surface area contributed by atoms with Crippen LogP contribution < -0.4 is 10.1 Å². The van der Waals surface area contributed by atoms with E-state index < -0.39 is 6.61 Å². The van der Waals surface area contributed by atoms with Gasteiger partial charge in [0.05, 0.1) is 13.2 Å². The van der Waals surface area contributed by atoms with Crippen LogP contribution in [0.25, 0.3) is 10.9 Å². The van der Waals surface area contributed by atoms with E-state index in [4.69, 9.17) is 4.74 Å². The lowest BCUT2D eigenvalue weighted by Gasteiger charge is -2.23. The minimum absolute atomic E-state index is 0.182. The molecule has 2 heterocycles. The quantitative estimate of drug-likeness (QED) is 0.904. The third-order valence-corrected chi connectivity index (χ3v) is 3.43. The number of nitrogens with one attached hydrogen (secondary N) is 2. The van der Waals surface area contributed by atoms with Gasteiger partial charge in [-0.15, -0.1) is 0 Å². The highest BCUT2D eigenvalue weighted by Crippen LogP contribution is 2.25. The zero-order valence-electron chi connectivity index (χ0n) is 10.9. The van der Waals surface area contributed by atoms with Crippen LogP contribution >= 0.6 is 0 Å². The Kier molecular flexibility index (Phi) is 3.84. The average molecular weight is 282 g/mol. The van der Waals surface area contributed by atoms with Gasteiger partial charge in [-0.25, -0.2) is 0 Å². The number of aromatic amines is 1. The standard InChI is InChI=1S/C14H16F2N2O2/c15-14(16)20-11-1-2-13-12(6-11)9(7-18-13)5-10-8-19-4-3-17-10/h1-2,6-7,10,14,17-18H,3-5,8H2/t10-/m0/s1. The highest BCUT2D eigenvalue weighted by atomic mass is 19.3. The molecule has 0 aliphatic carbocycles. The van der Waals surface area contributed by atoms with Gasteiger partial charge < -0.3 is 19.8 Å². The molecule has 1 fully saturated rings. The SMILES string of the molecule is FC(F)Oc1ccc2[nH]cc(C[C@H]3COCCN3)c2c1. The number of halogens is 2. The molecule has 1 aromatic heterocycles. The van der Waals surface area contributed by atoms with Gasteiger partial charge in [0.15, 0.2) is 0 Å². The molecule has 0 unspecified atom stereocenters. The van der Waals surface area contributed by atoms with Gasteiger partial charge in [-0.1, -0.05) is 0 Å². The number of benzene rings is 1. The van der Waals surface area contributed by atoms with E-state index in [0.29, 0.717) is 6.61 Å². The molecule has 6 heteroatoms. The van der Waals surface area contributed by atoms with Crippen molar-refractivity contribution in [2.75, 3.05) is 19.8 Å². The van der Waals surface area contributed by atoms with E-state index in [1.165, 1.54) is 6.07 Å². The van der Waals surface area contributed by atoms with Crippen LogP contribution in [0.4, 0.5) is 8.78 Å². The summed E-state index contributed by atoms with van der Waals surface area (Å²) in [5.74, 6) is 0.182. The van der Waals surface area contributed by atoms with Crippen molar-refractivity contribution in [3.05, 3.63) is 30.0 Å². The number of hydrogen-bond acceptors (Lipinski definition) is 3. The van der Waals surface area contributed by atoms with Gasteiger partial charge in [-0.2, -0.15) is 8.78 Å². The normalized spacial score (nSPS) is 19.6. The van der Waals surface area contributed by atoms with Crippen LogP contribution in [0, 0.1) is 0 Å². The Bertz CT molecular complexity index is 580. The highest BCUT2D eigenvalue weighted by Gasteiger charge is 2.16. The van der Waals surface area contributed by atoms with E-state index >= 15 is 0 Å². The van der Waals surface area contributed by atoms with Gasteiger partial charge in [-0.05, 0) is 30.2 Å². The van der Waals surface area contributed by atoms with Crippen LogP contribution in [0.3, 0.4) is 0 Å². The van der Waals surface area contributed by atoms with Gasteiger partial charge in [0.25, 0.3) is 0 Å². The Hall–Kier alpha value is -1.66. The summed E-state index contributed by atoms with van der Waals surface area (Å²) >= 11 is 0. The van der Waals surface area contributed by atoms with E-state index in [1.54, 1.807) is 12.1 Å². The molecule has 0 radical (unpaired) electrons. The predicted molar refractivity (Wildman–Crippen MR) is 71.2 cm³/mol. The fourth-order valence-corrected chi connectivity index (χ4v) is 2.52. The lowest BCUT2D eigenvalue weighted by atomic mass is 10.0. The number of morpholine rings is 1. The second-order valence-electron chi connectivity index (χ2n) is 4.83. The molecule has 0 amide bonds. The first-order chi connectivity index (χ1) is 9.72. The molecule has 0 spiro atoms. The number of hydrogen-bond donors (Lipinski definition) is 2. The molecule has 0 bridgehead atoms. The minimum atomic E-state index is -2.80. The first-order valence-corrected chi connectivity index (χ1v) is 6.58. The Morgan fingerprint density at radius 3 is 3.05 bits per heavy atom. The summed E-state index contributed by atoms with van der Waals surface area (Å²) in [6.07, 6.45) is 2.70. The molecule has 2 N–H and O–H groups in total. The molecular weight excluding hydrogens is 266 g/mol. The molecule has 1 saturated heterocycles. The van der Waals surface area contributed by atoms with E-state index in [2.05, 4.69) is 15.0 Å². The monoisotopic (exact) mass is 282 g/mol. The molecule has 1 atom stereocenters. The van der Waals surface area contributed by atoms with Crippen LogP contribution in [0.15, 0.2) is 24.4 Å². The third kappa shape index (κ3) is 2.91. The van der Waals surface area contributed by atoms with Crippen molar-refractivity contribution in [3.8, 4) is 5.75 Å². The van der Waals surface area contributed by atoms with Crippen LogP contribution in [0.1, 0.15) is 5.56 Å². The number of fused-ring (bicyclic) bond motifs is 1. The Morgan fingerprint density at radius 2 is 2.30 bits per heavy atom. The molecule has 0 saturated carbocycles. The maximum Gasteiger partial charge on any atom is 0.387 e. The lowest BCUT2D eigenvalue weighted by Crippen LogP contribution is -2.42. The van der Waals surface area contributed by atoms with Crippen LogP contribution in [0.2, 0.25) is 0 Å². The van der Waals surface area contributed by atoms with Crippen molar-refractivity contribution >= 4 is 10.9 Å². The highest BCUT2D eigenvalue weighted by molar-refractivity contribution is 5.84. The summed E-state index contributed by atoms with van der Waals surface area (Å²) < 4.78 is 34.4. The fourth-order valence-electron chi connectivity index (χ4n) is 2.52. The minimum Gasteiger partial charge on any atom is -0.435 e. The zero-order chi connectivity index (χ0) is 13.9. The summed E-state index contributed by atoms with van der Waals surface area (Å²) in [6, 6.07) is 5.19.